The topological polar surface area (TPSA) is 54.2 Å². The van der Waals surface area contributed by atoms with Crippen molar-refractivity contribution in [2.75, 3.05) is 32.5 Å². The second-order valence-corrected chi connectivity index (χ2v) is 7.71. The molecule has 0 atom stereocenters. The molecule has 0 saturated carbocycles. The maximum Gasteiger partial charge on any atom is 0.198 e. The van der Waals surface area contributed by atoms with E-state index in [4.69, 9.17) is 14.4 Å². The maximum atomic E-state index is 5.99. The number of halogens is 1. The zero-order valence-corrected chi connectivity index (χ0v) is 17.0. The van der Waals surface area contributed by atoms with Crippen molar-refractivity contribution in [3.05, 3.63) is 53.0 Å². The minimum absolute atomic E-state index is 0.594. The van der Waals surface area contributed by atoms with Crippen LogP contribution < -0.4 is 5.32 Å². The Bertz CT molecular complexity index is 1090. The summed E-state index contributed by atoms with van der Waals surface area (Å²) in [4.78, 5) is 11.7. The first-order valence-corrected chi connectivity index (χ1v) is 9.74. The van der Waals surface area contributed by atoms with Crippen LogP contribution in [0.5, 0.6) is 0 Å². The summed E-state index contributed by atoms with van der Waals surface area (Å²) in [6.45, 7) is 1.88. The van der Waals surface area contributed by atoms with Crippen LogP contribution in [0.4, 0.5) is 5.82 Å². The molecule has 0 saturated heterocycles. The number of nitrogens with zero attached hydrogens (tertiary/aromatic N) is 3. The number of furan rings is 1. The van der Waals surface area contributed by atoms with E-state index in [0.29, 0.717) is 11.6 Å². The van der Waals surface area contributed by atoms with Crippen LogP contribution in [0, 0.1) is 0 Å². The Morgan fingerprint density at radius 1 is 1.07 bits per heavy atom. The molecule has 0 unspecified atom stereocenters. The van der Waals surface area contributed by atoms with Gasteiger partial charge in [0.05, 0.1) is 5.52 Å². The van der Waals surface area contributed by atoms with E-state index in [1.54, 1.807) is 0 Å². The van der Waals surface area contributed by atoms with Gasteiger partial charge in [-0.2, -0.15) is 0 Å². The SMILES string of the molecule is CN(C)CCCNc1nc(-c2cc3cc(Br)ccc3o2)nc2ccccc12. The van der Waals surface area contributed by atoms with Crippen molar-refractivity contribution in [1.29, 1.82) is 0 Å². The van der Waals surface area contributed by atoms with E-state index >= 15 is 0 Å². The fraction of sp³-hybridized carbons (Fsp3) is 0.238. The summed E-state index contributed by atoms with van der Waals surface area (Å²) >= 11 is 3.50. The standard InChI is InChI=1S/C21H21BrN4O/c1-26(2)11-5-10-23-20-16-6-3-4-7-17(16)24-21(25-20)19-13-14-12-15(22)8-9-18(14)27-19/h3-4,6-9,12-13H,5,10-11H2,1-2H3,(H,23,24,25). The summed E-state index contributed by atoms with van der Waals surface area (Å²) < 4.78 is 7.01. The molecular weight excluding hydrogens is 404 g/mol. The molecule has 0 aliphatic heterocycles. The minimum Gasteiger partial charge on any atom is -0.453 e. The molecule has 6 heteroatoms. The van der Waals surface area contributed by atoms with Gasteiger partial charge in [-0.15, -0.1) is 0 Å². The number of hydrogen-bond donors (Lipinski definition) is 1. The number of anilines is 1. The van der Waals surface area contributed by atoms with E-state index in [-0.39, 0.29) is 0 Å². The van der Waals surface area contributed by atoms with E-state index in [9.17, 15) is 0 Å². The Balaban J connectivity index is 1.71. The van der Waals surface area contributed by atoms with Gasteiger partial charge in [0.1, 0.15) is 11.4 Å². The molecule has 5 nitrogen and oxygen atoms in total. The zero-order valence-electron chi connectivity index (χ0n) is 15.4. The Kier molecular flexibility index (Phi) is 5.09. The summed E-state index contributed by atoms with van der Waals surface area (Å²) in [6.07, 6.45) is 1.04. The lowest BCUT2D eigenvalue weighted by atomic mass is 10.2. The highest BCUT2D eigenvalue weighted by atomic mass is 79.9. The number of fused-ring (bicyclic) bond motifs is 2. The van der Waals surface area contributed by atoms with Gasteiger partial charge in [-0.25, -0.2) is 9.97 Å². The third-order valence-corrected chi connectivity index (χ3v) is 4.87. The predicted octanol–water partition coefficient (Wildman–Crippen LogP) is 5.17. The summed E-state index contributed by atoms with van der Waals surface area (Å²) in [5.74, 6) is 2.11. The number of hydrogen-bond acceptors (Lipinski definition) is 5. The van der Waals surface area contributed by atoms with Gasteiger partial charge in [-0.05, 0) is 63.5 Å². The Morgan fingerprint density at radius 2 is 1.93 bits per heavy atom. The Hall–Kier alpha value is -2.44. The molecule has 4 aromatic rings. The largest absolute Gasteiger partial charge is 0.453 e. The molecule has 1 N–H and O–H groups in total. The number of benzene rings is 2. The Morgan fingerprint density at radius 3 is 2.78 bits per heavy atom. The highest BCUT2D eigenvalue weighted by Gasteiger charge is 2.13. The third kappa shape index (κ3) is 3.96. The van der Waals surface area contributed by atoms with Crippen LogP contribution in [0.25, 0.3) is 33.5 Å². The van der Waals surface area contributed by atoms with Crippen LogP contribution in [0.15, 0.2) is 57.4 Å². The van der Waals surface area contributed by atoms with Crippen LogP contribution in [0.2, 0.25) is 0 Å². The molecule has 4 rings (SSSR count). The van der Waals surface area contributed by atoms with Gasteiger partial charge in [-0.3, -0.25) is 0 Å². The van der Waals surface area contributed by atoms with E-state index in [1.165, 1.54) is 0 Å². The first-order valence-electron chi connectivity index (χ1n) is 8.95. The molecule has 0 amide bonds. The zero-order chi connectivity index (χ0) is 18.8. The summed E-state index contributed by atoms with van der Waals surface area (Å²) in [5, 5.41) is 5.51. The van der Waals surface area contributed by atoms with Crippen LogP contribution in [0.3, 0.4) is 0 Å². The van der Waals surface area contributed by atoms with Gasteiger partial charge in [0.15, 0.2) is 11.6 Å². The maximum absolute atomic E-state index is 5.99. The molecule has 0 fully saturated rings. The Labute approximate surface area is 166 Å². The lowest BCUT2D eigenvalue weighted by Crippen LogP contribution is -2.16. The molecule has 0 aliphatic rings. The van der Waals surface area contributed by atoms with Gasteiger partial charge < -0.3 is 14.6 Å². The monoisotopic (exact) mass is 424 g/mol. The quantitative estimate of drug-likeness (QED) is 0.432. The molecule has 0 radical (unpaired) electrons. The third-order valence-electron chi connectivity index (χ3n) is 4.38. The number of rotatable bonds is 6. The smallest absolute Gasteiger partial charge is 0.198 e. The molecule has 2 heterocycles. The second-order valence-electron chi connectivity index (χ2n) is 6.79. The van der Waals surface area contributed by atoms with Crippen molar-refractivity contribution in [3.63, 3.8) is 0 Å². The normalized spacial score (nSPS) is 11.6. The van der Waals surface area contributed by atoms with Crippen LogP contribution in [-0.4, -0.2) is 42.1 Å². The second kappa shape index (κ2) is 7.66. The van der Waals surface area contributed by atoms with E-state index < -0.39 is 0 Å². The van der Waals surface area contributed by atoms with E-state index in [0.717, 1.165) is 51.7 Å². The van der Waals surface area contributed by atoms with Crippen LogP contribution in [0.1, 0.15) is 6.42 Å². The predicted molar refractivity (Wildman–Crippen MR) is 114 cm³/mol. The molecule has 27 heavy (non-hydrogen) atoms. The molecule has 0 aliphatic carbocycles. The van der Waals surface area contributed by atoms with Gasteiger partial charge in [0, 0.05) is 21.8 Å². The number of nitrogens with one attached hydrogen (secondary N) is 1. The van der Waals surface area contributed by atoms with Gasteiger partial charge in [0.2, 0.25) is 0 Å². The molecule has 2 aromatic heterocycles. The number of para-hydroxylation sites is 1. The van der Waals surface area contributed by atoms with Crippen molar-refractivity contribution in [1.82, 2.24) is 14.9 Å². The highest BCUT2D eigenvalue weighted by Crippen LogP contribution is 2.30. The first-order chi connectivity index (χ1) is 13.1. The van der Waals surface area contributed by atoms with Gasteiger partial charge >= 0.3 is 0 Å². The minimum atomic E-state index is 0.594. The van der Waals surface area contributed by atoms with Crippen LogP contribution >= 0.6 is 15.9 Å². The molecule has 138 valence electrons. The fourth-order valence-corrected chi connectivity index (χ4v) is 3.43. The molecule has 2 aromatic carbocycles. The van der Waals surface area contributed by atoms with Crippen molar-refractivity contribution < 1.29 is 4.42 Å². The average Bonchev–Trinajstić information content (AvgIpc) is 3.08. The van der Waals surface area contributed by atoms with Crippen molar-refractivity contribution >= 4 is 43.6 Å². The summed E-state index contributed by atoms with van der Waals surface area (Å²) in [7, 11) is 4.16. The molecule has 0 bridgehead atoms. The summed E-state index contributed by atoms with van der Waals surface area (Å²) in [6, 6.07) is 16.0. The molecule has 0 spiro atoms. The molecular formula is C21H21BrN4O. The van der Waals surface area contributed by atoms with Crippen LogP contribution in [-0.2, 0) is 0 Å². The van der Waals surface area contributed by atoms with E-state index in [1.807, 2.05) is 48.5 Å². The van der Waals surface area contributed by atoms with Crippen molar-refractivity contribution in [2.45, 2.75) is 6.42 Å². The van der Waals surface area contributed by atoms with Crippen molar-refractivity contribution in [2.24, 2.45) is 0 Å². The summed E-state index contributed by atoms with van der Waals surface area (Å²) in [5.41, 5.74) is 1.73. The van der Waals surface area contributed by atoms with Crippen molar-refractivity contribution in [3.8, 4) is 11.6 Å². The number of aromatic nitrogens is 2. The highest BCUT2D eigenvalue weighted by molar-refractivity contribution is 9.10. The lowest BCUT2D eigenvalue weighted by Gasteiger charge is -2.12. The average molecular weight is 425 g/mol. The first kappa shape index (κ1) is 17.9. The van der Waals surface area contributed by atoms with Gasteiger partial charge in [0.25, 0.3) is 0 Å². The lowest BCUT2D eigenvalue weighted by molar-refractivity contribution is 0.405. The van der Waals surface area contributed by atoms with Gasteiger partial charge in [-0.1, -0.05) is 28.1 Å². The van der Waals surface area contributed by atoms with E-state index in [2.05, 4.69) is 40.2 Å². The fourth-order valence-electron chi connectivity index (χ4n) is 3.05.